The van der Waals surface area contributed by atoms with Crippen molar-refractivity contribution in [3.05, 3.63) is 29.1 Å². The minimum atomic E-state index is 0.151. The molecule has 3 rings (SSSR count). The van der Waals surface area contributed by atoms with Crippen molar-refractivity contribution in [3.8, 4) is 0 Å². The van der Waals surface area contributed by atoms with E-state index in [2.05, 4.69) is 54.4 Å². The predicted octanol–water partition coefficient (Wildman–Crippen LogP) is 3.31. The third kappa shape index (κ3) is 2.65. The van der Waals surface area contributed by atoms with Gasteiger partial charge in [0.15, 0.2) is 5.82 Å². The van der Waals surface area contributed by atoms with Crippen molar-refractivity contribution in [1.29, 1.82) is 0 Å². The van der Waals surface area contributed by atoms with E-state index in [1.165, 1.54) is 0 Å². The normalized spacial score (nSPS) is 13.6. The average Bonchev–Trinajstić information content (AvgIpc) is 3.13. The minimum Gasteiger partial charge on any atom is -0.325 e. The molecular formula is C15H22N6S. The van der Waals surface area contributed by atoms with E-state index in [0.29, 0.717) is 11.8 Å². The Balaban J connectivity index is 1.96. The highest BCUT2D eigenvalue weighted by Crippen LogP contribution is 2.27. The molecule has 3 heterocycles. The van der Waals surface area contributed by atoms with Gasteiger partial charge in [-0.1, -0.05) is 39.0 Å². The fraction of sp³-hybridized carbons (Fsp3) is 0.600. The summed E-state index contributed by atoms with van der Waals surface area (Å²) >= 11 is 1.60. The molecule has 22 heavy (non-hydrogen) atoms. The van der Waals surface area contributed by atoms with E-state index in [1.54, 1.807) is 11.3 Å². The molecule has 0 saturated carbocycles. The molecule has 0 amide bonds. The zero-order valence-electron chi connectivity index (χ0n) is 13.7. The smallest absolute Gasteiger partial charge is 0.234 e. The van der Waals surface area contributed by atoms with Crippen LogP contribution >= 0.6 is 11.3 Å². The number of aromatic nitrogens is 6. The summed E-state index contributed by atoms with van der Waals surface area (Å²) < 4.78 is 4.08. The number of nitrogens with zero attached hydrogens (tertiary/aromatic N) is 6. The van der Waals surface area contributed by atoms with Crippen LogP contribution in [0.1, 0.15) is 63.2 Å². The van der Waals surface area contributed by atoms with Gasteiger partial charge in [0, 0.05) is 24.7 Å². The summed E-state index contributed by atoms with van der Waals surface area (Å²) in [6.07, 6.45) is 4.77. The highest BCUT2D eigenvalue weighted by atomic mass is 32.1. The van der Waals surface area contributed by atoms with E-state index in [-0.39, 0.29) is 6.04 Å². The summed E-state index contributed by atoms with van der Waals surface area (Å²) in [5, 5.41) is 14.3. The Kier molecular flexibility index (Phi) is 3.99. The molecule has 0 spiro atoms. The molecule has 0 bridgehead atoms. The number of rotatable bonds is 5. The number of imidazole rings is 1. The minimum absolute atomic E-state index is 0.151. The van der Waals surface area contributed by atoms with Crippen LogP contribution in [-0.2, 0) is 6.42 Å². The van der Waals surface area contributed by atoms with Crippen LogP contribution in [0, 0.1) is 5.92 Å². The fourth-order valence-electron chi connectivity index (χ4n) is 2.55. The summed E-state index contributed by atoms with van der Waals surface area (Å²) in [6.45, 7) is 10.8. The molecule has 0 unspecified atom stereocenters. The third-order valence-electron chi connectivity index (χ3n) is 3.65. The maximum atomic E-state index is 4.74. The quantitative estimate of drug-likeness (QED) is 0.724. The first-order valence-corrected chi connectivity index (χ1v) is 8.52. The van der Waals surface area contributed by atoms with Crippen molar-refractivity contribution in [2.75, 3.05) is 0 Å². The van der Waals surface area contributed by atoms with E-state index in [9.17, 15) is 0 Å². The topological polar surface area (TPSA) is 60.9 Å². The Hall–Kier alpha value is -1.76. The van der Waals surface area contributed by atoms with Crippen molar-refractivity contribution in [1.82, 2.24) is 29.4 Å². The van der Waals surface area contributed by atoms with Gasteiger partial charge >= 0.3 is 0 Å². The van der Waals surface area contributed by atoms with Gasteiger partial charge < -0.3 is 4.57 Å². The molecule has 0 aliphatic heterocycles. The van der Waals surface area contributed by atoms with Gasteiger partial charge in [-0.2, -0.15) is 9.61 Å². The van der Waals surface area contributed by atoms with E-state index in [4.69, 9.17) is 5.10 Å². The van der Waals surface area contributed by atoms with E-state index in [0.717, 1.165) is 28.0 Å². The second-order valence-corrected chi connectivity index (χ2v) is 7.36. The maximum absolute atomic E-state index is 4.74. The molecule has 0 aliphatic rings. The van der Waals surface area contributed by atoms with Gasteiger partial charge in [-0.05, 0) is 12.8 Å². The van der Waals surface area contributed by atoms with Crippen LogP contribution in [0.5, 0.6) is 0 Å². The lowest BCUT2D eigenvalue weighted by Gasteiger charge is -2.15. The fourth-order valence-corrected chi connectivity index (χ4v) is 3.46. The Labute approximate surface area is 134 Å². The van der Waals surface area contributed by atoms with Crippen molar-refractivity contribution in [2.24, 2.45) is 5.92 Å². The van der Waals surface area contributed by atoms with E-state index < -0.39 is 0 Å². The largest absolute Gasteiger partial charge is 0.325 e. The molecule has 3 aromatic rings. The van der Waals surface area contributed by atoms with Gasteiger partial charge in [-0.3, -0.25) is 0 Å². The number of fused-ring (bicyclic) bond motifs is 1. The lowest BCUT2D eigenvalue weighted by molar-refractivity contribution is 0.562. The molecule has 0 saturated heterocycles. The number of hydrogen-bond donors (Lipinski definition) is 0. The molecule has 0 N–H and O–H groups in total. The summed E-state index contributed by atoms with van der Waals surface area (Å²) in [5.41, 5.74) is 0. The van der Waals surface area contributed by atoms with Crippen molar-refractivity contribution in [2.45, 2.75) is 53.0 Å². The lowest BCUT2D eigenvalue weighted by Crippen LogP contribution is -2.11. The summed E-state index contributed by atoms with van der Waals surface area (Å²) in [4.78, 5) is 5.33. The maximum Gasteiger partial charge on any atom is 0.234 e. The molecular weight excluding hydrogens is 296 g/mol. The average molecular weight is 318 g/mol. The van der Waals surface area contributed by atoms with Crippen molar-refractivity contribution >= 4 is 16.3 Å². The molecule has 0 aromatic carbocycles. The van der Waals surface area contributed by atoms with Crippen LogP contribution < -0.4 is 0 Å². The van der Waals surface area contributed by atoms with Crippen LogP contribution in [0.25, 0.3) is 4.96 Å². The predicted molar refractivity (Wildman–Crippen MR) is 87.3 cm³/mol. The lowest BCUT2D eigenvalue weighted by atomic mass is 10.1. The summed E-state index contributed by atoms with van der Waals surface area (Å²) in [5.74, 6) is 2.95. The number of hydrogen-bond acceptors (Lipinski definition) is 5. The van der Waals surface area contributed by atoms with Gasteiger partial charge in [-0.15, -0.1) is 10.2 Å². The summed E-state index contributed by atoms with van der Waals surface area (Å²) in [7, 11) is 0. The van der Waals surface area contributed by atoms with Gasteiger partial charge in [0.2, 0.25) is 4.96 Å². The first kappa shape index (κ1) is 15.1. The van der Waals surface area contributed by atoms with Crippen molar-refractivity contribution in [3.63, 3.8) is 0 Å². The molecule has 0 aliphatic carbocycles. The second-order valence-electron chi connectivity index (χ2n) is 6.37. The standard InChI is InChI=1S/C15H22N6S/c1-9(2)8-12-17-18-15-21(12)19-14(22-15)11(5)20-7-6-16-13(20)10(3)4/h6-7,9-11H,8H2,1-5H3/t11-/m1/s1. The first-order chi connectivity index (χ1) is 10.5. The molecule has 7 heteroatoms. The monoisotopic (exact) mass is 318 g/mol. The van der Waals surface area contributed by atoms with Gasteiger partial charge in [-0.25, -0.2) is 4.98 Å². The van der Waals surface area contributed by atoms with Crippen molar-refractivity contribution < 1.29 is 0 Å². The highest BCUT2D eigenvalue weighted by Gasteiger charge is 2.20. The molecule has 0 fully saturated rings. The molecule has 1 atom stereocenters. The van der Waals surface area contributed by atoms with Crippen LogP contribution in [-0.4, -0.2) is 29.4 Å². The molecule has 118 valence electrons. The zero-order valence-corrected chi connectivity index (χ0v) is 14.5. The Morgan fingerprint density at radius 1 is 1.14 bits per heavy atom. The van der Waals surface area contributed by atoms with Crippen LogP contribution in [0.2, 0.25) is 0 Å². The second kappa shape index (κ2) is 5.79. The van der Waals surface area contributed by atoms with E-state index in [1.807, 2.05) is 16.9 Å². The van der Waals surface area contributed by atoms with Gasteiger partial charge in [0.05, 0.1) is 6.04 Å². The van der Waals surface area contributed by atoms with E-state index >= 15 is 0 Å². The first-order valence-electron chi connectivity index (χ1n) is 7.71. The SMILES string of the molecule is CC(C)Cc1nnc2sc([C@@H](C)n3ccnc3C(C)C)nn12. The molecule has 0 radical (unpaired) electrons. The Morgan fingerprint density at radius 3 is 2.59 bits per heavy atom. The van der Waals surface area contributed by atoms with Gasteiger partial charge in [0.25, 0.3) is 0 Å². The Bertz CT molecular complexity index is 766. The Morgan fingerprint density at radius 2 is 1.91 bits per heavy atom. The highest BCUT2D eigenvalue weighted by molar-refractivity contribution is 7.16. The van der Waals surface area contributed by atoms with Gasteiger partial charge in [0.1, 0.15) is 10.8 Å². The van der Waals surface area contributed by atoms with Crippen LogP contribution in [0.4, 0.5) is 0 Å². The van der Waals surface area contributed by atoms with Crippen LogP contribution in [0.3, 0.4) is 0 Å². The molecule has 3 aromatic heterocycles. The van der Waals surface area contributed by atoms with Crippen LogP contribution in [0.15, 0.2) is 12.4 Å². The zero-order chi connectivity index (χ0) is 15.9. The summed E-state index contributed by atoms with van der Waals surface area (Å²) in [6, 6.07) is 0.151. The third-order valence-corrected chi connectivity index (χ3v) is 4.72. The molecule has 6 nitrogen and oxygen atoms in total.